The zero-order chi connectivity index (χ0) is 11.7. The summed E-state index contributed by atoms with van der Waals surface area (Å²) in [4.78, 5) is 24.0. The molecular weight excluding hydrogens is 210 g/mol. The van der Waals surface area contributed by atoms with Gasteiger partial charge in [-0.1, -0.05) is 0 Å². The van der Waals surface area contributed by atoms with E-state index in [2.05, 4.69) is 0 Å². The van der Waals surface area contributed by atoms with Crippen molar-refractivity contribution in [3.8, 4) is 0 Å². The third-order valence-corrected chi connectivity index (χ3v) is 3.33. The molecule has 2 heterocycles. The molecule has 0 aromatic carbocycles. The molecule has 1 amide bonds. The number of aliphatic carboxylic acids is 1. The standard InChI is InChI=1S/C11H17NO4/c1-7-2-3-8(16-7)6-12-9(11(14)15)4-5-10(12)13/h7-9H,2-6H2,1H3,(H,14,15). The summed E-state index contributed by atoms with van der Waals surface area (Å²) in [5.74, 6) is -0.965. The van der Waals surface area contributed by atoms with Gasteiger partial charge in [-0.3, -0.25) is 4.79 Å². The van der Waals surface area contributed by atoms with Gasteiger partial charge in [0, 0.05) is 13.0 Å². The molecule has 3 unspecified atom stereocenters. The molecule has 1 N–H and O–H groups in total. The predicted octanol–water partition coefficient (Wildman–Crippen LogP) is 0.629. The first-order chi connectivity index (χ1) is 7.58. The van der Waals surface area contributed by atoms with E-state index in [1.165, 1.54) is 4.90 Å². The molecule has 0 aliphatic carbocycles. The largest absolute Gasteiger partial charge is 0.480 e. The summed E-state index contributed by atoms with van der Waals surface area (Å²) in [7, 11) is 0. The molecule has 2 saturated heterocycles. The van der Waals surface area contributed by atoms with Crippen LogP contribution in [0.25, 0.3) is 0 Å². The normalized spacial score (nSPS) is 34.7. The van der Waals surface area contributed by atoms with Crippen LogP contribution in [-0.4, -0.2) is 46.7 Å². The van der Waals surface area contributed by atoms with E-state index in [0.29, 0.717) is 19.4 Å². The molecule has 0 aromatic heterocycles. The Morgan fingerprint density at radius 3 is 2.81 bits per heavy atom. The second-order valence-corrected chi connectivity index (χ2v) is 4.58. The number of likely N-dealkylation sites (tertiary alicyclic amines) is 1. The van der Waals surface area contributed by atoms with E-state index in [1.807, 2.05) is 6.92 Å². The second-order valence-electron chi connectivity index (χ2n) is 4.58. The summed E-state index contributed by atoms with van der Waals surface area (Å²) in [5.41, 5.74) is 0. The molecule has 0 aromatic rings. The van der Waals surface area contributed by atoms with Crippen LogP contribution in [0, 0.1) is 0 Å². The molecule has 3 atom stereocenters. The lowest BCUT2D eigenvalue weighted by molar-refractivity contribution is -0.147. The first kappa shape index (κ1) is 11.4. The Bertz CT molecular complexity index is 304. The van der Waals surface area contributed by atoms with Gasteiger partial charge in [-0.2, -0.15) is 0 Å². The van der Waals surface area contributed by atoms with Gasteiger partial charge in [0.25, 0.3) is 0 Å². The van der Waals surface area contributed by atoms with Crippen molar-refractivity contribution in [3.63, 3.8) is 0 Å². The van der Waals surface area contributed by atoms with E-state index in [0.717, 1.165) is 12.8 Å². The van der Waals surface area contributed by atoms with Crippen LogP contribution in [0.5, 0.6) is 0 Å². The van der Waals surface area contributed by atoms with Gasteiger partial charge in [-0.05, 0) is 26.2 Å². The Balaban J connectivity index is 1.96. The SMILES string of the molecule is CC1CCC(CN2C(=O)CCC2C(=O)O)O1. The van der Waals surface area contributed by atoms with E-state index >= 15 is 0 Å². The molecule has 2 rings (SSSR count). The Labute approximate surface area is 94.4 Å². The van der Waals surface area contributed by atoms with Gasteiger partial charge >= 0.3 is 5.97 Å². The van der Waals surface area contributed by atoms with E-state index < -0.39 is 12.0 Å². The number of amides is 1. The van der Waals surface area contributed by atoms with Gasteiger partial charge in [0.15, 0.2) is 0 Å². The number of hydrogen-bond acceptors (Lipinski definition) is 3. The van der Waals surface area contributed by atoms with Crippen LogP contribution in [0.15, 0.2) is 0 Å². The summed E-state index contributed by atoms with van der Waals surface area (Å²) in [6.07, 6.45) is 2.92. The fourth-order valence-electron chi connectivity index (χ4n) is 2.46. The maximum absolute atomic E-state index is 11.6. The number of ether oxygens (including phenoxy) is 1. The minimum atomic E-state index is -0.906. The molecule has 90 valence electrons. The number of carboxylic acids is 1. The van der Waals surface area contributed by atoms with Gasteiger partial charge in [-0.15, -0.1) is 0 Å². The number of hydrogen-bond donors (Lipinski definition) is 1. The van der Waals surface area contributed by atoms with Crippen molar-refractivity contribution in [1.82, 2.24) is 4.90 Å². The number of nitrogens with zero attached hydrogens (tertiary/aromatic N) is 1. The second kappa shape index (κ2) is 4.41. The molecule has 0 spiro atoms. The molecule has 16 heavy (non-hydrogen) atoms. The van der Waals surface area contributed by atoms with Gasteiger partial charge in [0.2, 0.25) is 5.91 Å². The number of carbonyl (C=O) groups is 2. The fourth-order valence-corrected chi connectivity index (χ4v) is 2.46. The van der Waals surface area contributed by atoms with E-state index in [4.69, 9.17) is 9.84 Å². The Kier molecular flexibility index (Phi) is 3.14. The highest BCUT2D eigenvalue weighted by Crippen LogP contribution is 2.24. The Morgan fingerprint density at radius 1 is 1.50 bits per heavy atom. The lowest BCUT2D eigenvalue weighted by Gasteiger charge is -2.24. The molecular formula is C11H17NO4. The Morgan fingerprint density at radius 2 is 2.25 bits per heavy atom. The molecule has 5 heteroatoms. The van der Waals surface area contributed by atoms with Crippen molar-refractivity contribution in [2.45, 2.75) is 50.9 Å². The quantitative estimate of drug-likeness (QED) is 0.768. The van der Waals surface area contributed by atoms with Crippen molar-refractivity contribution < 1.29 is 19.4 Å². The summed E-state index contributed by atoms with van der Waals surface area (Å²) in [6.45, 7) is 2.43. The highest BCUT2D eigenvalue weighted by molar-refractivity contribution is 5.87. The molecule has 5 nitrogen and oxygen atoms in total. The summed E-state index contributed by atoms with van der Waals surface area (Å²) >= 11 is 0. The average molecular weight is 227 g/mol. The van der Waals surface area contributed by atoms with Crippen LogP contribution in [-0.2, 0) is 14.3 Å². The van der Waals surface area contributed by atoms with Crippen LogP contribution in [0.4, 0.5) is 0 Å². The minimum absolute atomic E-state index is 0.0129. The first-order valence-corrected chi connectivity index (χ1v) is 5.75. The highest BCUT2D eigenvalue weighted by atomic mass is 16.5. The van der Waals surface area contributed by atoms with Crippen LogP contribution in [0.1, 0.15) is 32.6 Å². The van der Waals surface area contributed by atoms with Crippen molar-refractivity contribution in [2.24, 2.45) is 0 Å². The first-order valence-electron chi connectivity index (χ1n) is 5.75. The fraction of sp³-hybridized carbons (Fsp3) is 0.818. The lowest BCUT2D eigenvalue weighted by atomic mass is 10.2. The molecule has 2 fully saturated rings. The maximum atomic E-state index is 11.6. The maximum Gasteiger partial charge on any atom is 0.326 e. The van der Waals surface area contributed by atoms with E-state index in [1.54, 1.807) is 0 Å². The number of rotatable bonds is 3. The van der Waals surface area contributed by atoms with E-state index in [-0.39, 0.29) is 18.1 Å². The molecule has 0 radical (unpaired) electrons. The minimum Gasteiger partial charge on any atom is -0.480 e. The summed E-state index contributed by atoms with van der Waals surface area (Å²) in [6, 6.07) is -0.646. The van der Waals surface area contributed by atoms with E-state index in [9.17, 15) is 9.59 Å². The van der Waals surface area contributed by atoms with Crippen LogP contribution < -0.4 is 0 Å². The average Bonchev–Trinajstić information content (AvgIpc) is 2.76. The van der Waals surface area contributed by atoms with Gasteiger partial charge in [-0.25, -0.2) is 4.79 Å². The van der Waals surface area contributed by atoms with Gasteiger partial charge in [0.05, 0.1) is 12.2 Å². The van der Waals surface area contributed by atoms with Gasteiger partial charge < -0.3 is 14.7 Å². The Hall–Kier alpha value is -1.10. The van der Waals surface area contributed by atoms with Crippen molar-refractivity contribution in [3.05, 3.63) is 0 Å². The summed E-state index contributed by atoms with van der Waals surface area (Å²) < 4.78 is 5.61. The van der Waals surface area contributed by atoms with Crippen molar-refractivity contribution in [2.75, 3.05) is 6.54 Å². The van der Waals surface area contributed by atoms with Crippen LogP contribution in [0.3, 0.4) is 0 Å². The number of carboxylic acid groups (broad SMARTS) is 1. The zero-order valence-corrected chi connectivity index (χ0v) is 9.39. The zero-order valence-electron chi connectivity index (χ0n) is 9.39. The number of carbonyl (C=O) groups excluding carboxylic acids is 1. The topological polar surface area (TPSA) is 66.8 Å². The highest BCUT2D eigenvalue weighted by Gasteiger charge is 2.38. The van der Waals surface area contributed by atoms with Gasteiger partial charge in [0.1, 0.15) is 6.04 Å². The van der Waals surface area contributed by atoms with Crippen molar-refractivity contribution in [1.29, 1.82) is 0 Å². The molecule has 0 bridgehead atoms. The predicted molar refractivity (Wildman–Crippen MR) is 55.9 cm³/mol. The monoisotopic (exact) mass is 227 g/mol. The molecule has 2 aliphatic heterocycles. The third-order valence-electron chi connectivity index (χ3n) is 3.33. The van der Waals surface area contributed by atoms with Crippen LogP contribution in [0.2, 0.25) is 0 Å². The smallest absolute Gasteiger partial charge is 0.326 e. The third kappa shape index (κ3) is 2.19. The summed E-state index contributed by atoms with van der Waals surface area (Å²) in [5, 5.41) is 8.99. The van der Waals surface area contributed by atoms with Crippen molar-refractivity contribution >= 4 is 11.9 Å². The van der Waals surface area contributed by atoms with Crippen LogP contribution >= 0.6 is 0 Å². The molecule has 0 saturated carbocycles. The lowest BCUT2D eigenvalue weighted by Crippen LogP contribution is -2.42. The molecule has 2 aliphatic rings.